The molecule has 24 heteroatoms. The number of amides is 1. The second-order valence-corrected chi connectivity index (χ2v) is 12.8. The lowest BCUT2D eigenvalue weighted by Gasteiger charge is -2.22. The summed E-state index contributed by atoms with van der Waals surface area (Å²) in [6, 6.07) is 2.70. The van der Waals surface area contributed by atoms with Crippen LogP contribution in [0.25, 0.3) is 11.2 Å². The molecule has 2 aliphatic heterocycles. The molecule has 5 rings (SSSR count). The van der Waals surface area contributed by atoms with Gasteiger partial charge in [-0.25, -0.2) is 29.9 Å². The summed E-state index contributed by atoms with van der Waals surface area (Å²) in [4.78, 5) is 42.2. The molecule has 2 aliphatic rings. The number of imidazole rings is 1. The number of ether oxygens (including phenoxy) is 2. The number of nitrogens with one attached hydrogen (secondary N) is 1. The van der Waals surface area contributed by atoms with Crippen LogP contribution in [0.4, 0.5) is 5.82 Å². The molecule has 0 saturated carbocycles. The number of carbonyl (C=O) groups is 1. The van der Waals surface area contributed by atoms with Crippen molar-refractivity contribution in [2.45, 2.75) is 49.1 Å². The smallest absolute Gasteiger partial charge is 0.387 e. The first-order valence-corrected chi connectivity index (χ1v) is 15.8. The van der Waals surface area contributed by atoms with E-state index in [0.717, 1.165) is 6.33 Å². The van der Waals surface area contributed by atoms with E-state index in [1.807, 2.05) is 5.43 Å². The molecule has 11 N–H and O–H groups in total. The van der Waals surface area contributed by atoms with Crippen molar-refractivity contribution < 1.29 is 71.5 Å². The molecule has 0 radical (unpaired) electrons. The monoisotopic (exact) mass is 679 g/mol. The number of aliphatic hydroxyl groups excluding tert-OH is 4. The largest absolute Gasteiger partial charge is 0.483 e. The summed E-state index contributed by atoms with van der Waals surface area (Å²) in [5.41, 5.74) is 8.25. The Morgan fingerprint density at radius 3 is 2.22 bits per heavy atom. The van der Waals surface area contributed by atoms with Crippen molar-refractivity contribution in [1.29, 1.82) is 0 Å². The number of phosphoric ester groups is 1. The van der Waals surface area contributed by atoms with Gasteiger partial charge in [0.05, 0.1) is 25.1 Å². The number of aliphatic hydroxyl groups is 4. The van der Waals surface area contributed by atoms with E-state index in [9.17, 15) is 44.1 Å². The molecular formula is C21H29N8O14P2+. The van der Waals surface area contributed by atoms with Gasteiger partial charge in [-0.3, -0.25) is 23.8 Å². The molecule has 1 amide bonds. The minimum absolute atomic E-state index is 0.0441. The summed E-state index contributed by atoms with van der Waals surface area (Å²) in [5, 5.41) is 42.2. The molecule has 9 atom stereocenters. The SMILES string of the molecule is NNC(=O)c1cc[n+]([C@@H]2O[C@H](COP(=O)(OC[C@H]3O[C@@H](n4cnc5c(N)ncnc54)[C@H](O)[C@@H]3O)OP(=O)(O)O)[C@@H](O)[C@H]2O)cc1. The van der Waals surface area contributed by atoms with E-state index in [2.05, 4.69) is 19.3 Å². The average molecular weight is 679 g/mol. The topological polar surface area (TPSA) is 330 Å². The van der Waals surface area contributed by atoms with Gasteiger partial charge in [-0.15, -0.1) is 0 Å². The molecule has 5 heterocycles. The molecule has 0 aliphatic carbocycles. The number of fused-ring (bicyclic) bond motifs is 1. The van der Waals surface area contributed by atoms with Crippen molar-refractivity contribution in [3.05, 3.63) is 42.7 Å². The number of rotatable bonds is 11. The number of aromatic nitrogens is 5. The number of nitrogens with two attached hydrogens (primary N) is 2. The molecule has 0 bridgehead atoms. The lowest BCUT2D eigenvalue weighted by atomic mass is 10.1. The normalized spacial score (nSPS) is 30.0. The van der Waals surface area contributed by atoms with Crippen LogP contribution in [0.3, 0.4) is 0 Å². The molecule has 2 fully saturated rings. The molecule has 0 aromatic carbocycles. The van der Waals surface area contributed by atoms with Crippen molar-refractivity contribution in [3.63, 3.8) is 0 Å². The molecule has 45 heavy (non-hydrogen) atoms. The molecular weight excluding hydrogens is 650 g/mol. The van der Waals surface area contributed by atoms with E-state index in [0.29, 0.717) is 0 Å². The summed E-state index contributed by atoms with van der Waals surface area (Å²) in [6.07, 6.45) is -6.84. The van der Waals surface area contributed by atoms with E-state index in [1.165, 1.54) is 40.0 Å². The van der Waals surface area contributed by atoms with Crippen LogP contribution >= 0.6 is 15.6 Å². The number of hydrazine groups is 1. The maximum absolute atomic E-state index is 13.3. The summed E-state index contributed by atoms with van der Waals surface area (Å²) >= 11 is 0. The van der Waals surface area contributed by atoms with Gasteiger partial charge in [0.25, 0.3) is 12.1 Å². The van der Waals surface area contributed by atoms with Gasteiger partial charge in [0, 0.05) is 12.1 Å². The highest BCUT2D eigenvalue weighted by Crippen LogP contribution is 2.61. The fourth-order valence-corrected chi connectivity index (χ4v) is 6.81. The third-order valence-corrected chi connectivity index (χ3v) is 9.46. The number of phosphoric acid groups is 2. The Balaban J connectivity index is 1.25. The maximum Gasteiger partial charge on any atom is 0.483 e. The van der Waals surface area contributed by atoms with Crippen LogP contribution in [0.2, 0.25) is 0 Å². The highest BCUT2D eigenvalue weighted by atomic mass is 31.3. The van der Waals surface area contributed by atoms with Gasteiger partial charge in [0.1, 0.15) is 42.4 Å². The van der Waals surface area contributed by atoms with Gasteiger partial charge in [0.15, 0.2) is 36.2 Å². The third-order valence-electron chi connectivity index (χ3n) is 6.88. The zero-order valence-electron chi connectivity index (χ0n) is 22.7. The minimum atomic E-state index is -5.53. The Bertz CT molecular complexity index is 1620. The number of pyridine rings is 1. The first-order chi connectivity index (χ1) is 21.2. The quantitative estimate of drug-likeness (QED) is 0.0312. The van der Waals surface area contributed by atoms with E-state index in [1.54, 1.807) is 0 Å². The lowest BCUT2D eigenvalue weighted by Crippen LogP contribution is -2.46. The fourth-order valence-electron chi connectivity index (χ4n) is 4.65. The Morgan fingerprint density at radius 1 is 0.978 bits per heavy atom. The highest BCUT2D eigenvalue weighted by Gasteiger charge is 2.50. The molecule has 2 saturated heterocycles. The molecule has 3 aromatic heterocycles. The van der Waals surface area contributed by atoms with Crippen LogP contribution in [0.15, 0.2) is 37.2 Å². The van der Waals surface area contributed by atoms with E-state index >= 15 is 0 Å². The van der Waals surface area contributed by atoms with Gasteiger partial charge < -0.3 is 45.4 Å². The molecule has 246 valence electrons. The van der Waals surface area contributed by atoms with Gasteiger partial charge in [-0.05, 0) is 0 Å². The Kier molecular flexibility index (Phi) is 9.61. The van der Waals surface area contributed by atoms with E-state index in [4.69, 9.17) is 30.1 Å². The molecule has 22 nitrogen and oxygen atoms in total. The number of hydrogen-bond donors (Lipinski definition) is 9. The first-order valence-electron chi connectivity index (χ1n) is 12.9. The van der Waals surface area contributed by atoms with Crippen LogP contribution < -0.4 is 21.6 Å². The van der Waals surface area contributed by atoms with Crippen molar-refractivity contribution >= 4 is 38.5 Å². The predicted octanol–water partition coefficient (Wildman–Crippen LogP) is -3.51. The van der Waals surface area contributed by atoms with Gasteiger partial charge >= 0.3 is 15.6 Å². The van der Waals surface area contributed by atoms with E-state index in [-0.39, 0.29) is 22.5 Å². The van der Waals surface area contributed by atoms with Crippen LogP contribution in [-0.2, 0) is 32.0 Å². The third kappa shape index (κ3) is 7.04. The first kappa shape index (κ1) is 33.3. The molecule has 0 spiro atoms. The van der Waals surface area contributed by atoms with Crippen LogP contribution in [0.5, 0.6) is 0 Å². The molecule has 3 aromatic rings. The minimum Gasteiger partial charge on any atom is -0.387 e. The van der Waals surface area contributed by atoms with Crippen molar-refractivity contribution in [2.24, 2.45) is 5.84 Å². The number of carbonyl (C=O) groups excluding carboxylic acids is 1. The summed E-state index contributed by atoms with van der Waals surface area (Å²) in [5.74, 6) is 4.55. The summed E-state index contributed by atoms with van der Waals surface area (Å²) < 4.78 is 53.0. The Hall–Kier alpha value is -3.05. The zero-order valence-corrected chi connectivity index (χ0v) is 24.5. The number of anilines is 1. The fraction of sp³-hybridized carbons (Fsp3) is 0.476. The van der Waals surface area contributed by atoms with Gasteiger partial charge in [-0.2, -0.15) is 8.88 Å². The van der Waals surface area contributed by atoms with Crippen LogP contribution in [0, 0.1) is 0 Å². The second kappa shape index (κ2) is 13.0. The summed E-state index contributed by atoms with van der Waals surface area (Å²) in [7, 11) is -10.7. The second-order valence-electron chi connectivity index (χ2n) is 9.79. The van der Waals surface area contributed by atoms with Gasteiger partial charge in [0.2, 0.25) is 0 Å². The number of nitrogens with zero attached hydrogens (tertiary/aromatic N) is 5. The number of hydrogen-bond acceptors (Lipinski definition) is 17. The zero-order chi connectivity index (χ0) is 32.7. The van der Waals surface area contributed by atoms with E-state index < -0.39 is 83.8 Å². The standard InChI is InChI=1S/C21H28N8O14P2/c22-17-12-18(25-7-24-17)29(8-26-12)21-16(33)14(31)11(42-21)6-40-45(38,43-44(35,36)37)39-5-10-13(30)15(32)20(41-10)28-3-1-9(2-4-28)19(34)27-23/h1-4,7-8,10-11,13-16,20-21,23,30-33H,5-6H2,(H5,22,24,25,34,35,36,37)/p+1/t10-,11-,13-,14-,15-,16-,20-,21-,45?/m1/s1. The molecule has 1 unspecified atom stereocenters. The van der Waals surface area contributed by atoms with Crippen molar-refractivity contribution in [1.82, 2.24) is 24.9 Å². The van der Waals surface area contributed by atoms with Crippen LogP contribution in [0.1, 0.15) is 22.8 Å². The maximum atomic E-state index is 13.3. The Morgan fingerprint density at radius 2 is 1.60 bits per heavy atom. The Labute approximate surface area is 251 Å². The van der Waals surface area contributed by atoms with Crippen LogP contribution in [-0.4, -0.2) is 105 Å². The average Bonchev–Trinajstić information content (AvgIpc) is 3.64. The predicted molar refractivity (Wildman–Crippen MR) is 143 cm³/mol. The lowest BCUT2D eigenvalue weighted by molar-refractivity contribution is -0.765. The van der Waals surface area contributed by atoms with Crippen molar-refractivity contribution in [2.75, 3.05) is 18.9 Å². The van der Waals surface area contributed by atoms with Gasteiger partial charge in [-0.1, -0.05) is 0 Å². The highest BCUT2D eigenvalue weighted by molar-refractivity contribution is 7.61. The number of nitrogen functional groups attached to an aromatic ring is 2. The van der Waals surface area contributed by atoms with Crippen molar-refractivity contribution in [3.8, 4) is 0 Å². The summed E-state index contributed by atoms with van der Waals surface area (Å²) in [6.45, 7) is -1.75.